The third-order valence-corrected chi connectivity index (χ3v) is 12.1. The van der Waals surface area contributed by atoms with Crippen molar-refractivity contribution >= 4 is 24.0 Å². The maximum absolute atomic E-state index is 12.9. The van der Waals surface area contributed by atoms with Gasteiger partial charge in [0, 0.05) is 6.10 Å². The van der Waals surface area contributed by atoms with E-state index in [-0.39, 0.29) is 18.0 Å². The van der Waals surface area contributed by atoms with Gasteiger partial charge in [-0.15, -0.1) is 0 Å². The molecule has 5 heteroatoms. The highest BCUT2D eigenvalue weighted by Crippen LogP contribution is 2.46. The maximum atomic E-state index is 12.9. The van der Waals surface area contributed by atoms with Crippen molar-refractivity contribution in [2.24, 2.45) is 17.8 Å². The minimum Gasteiger partial charge on any atom is -0.519 e. The van der Waals surface area contributed by atoms with E-state index in [1.165, 1.54) is 25.7 Å². The molecule has 1 unspecified atom stereocenters. The molecule has 25 heavy (non-hydrogen) atoms. The van der Waals surface area contributed by atoms with Crippen LogP contribution in [0.4, 0.5) is 0 Å². The molecule has 0 aromatic rings. The third-order valence-electron chi connectivity index (χ3n) is 5.02. The molecule has 0 amide bonds. The van der Waals surface area contributed by atoms with Gasteiger partial charge in [0.05, 0.1) is 5.92 Å². The van der Waals surface area contributed by atoms with Gasteiger partial charge in [-0.1, -0.05) is 47.5 Å². The Morgan fingerprint density at radius 3 is 1.96 bits per heavy atom. The van der Waals surface area contributed by atoms with E-state index in [1.54, 1.807) is 0 Å². The van der Waals surface area contributed by atoms with Crippen LogP contribution in [0, 0.1) is 17.8 Å². The first-order valence-corrected chi connectivity index (χ1v) is 13.8. The first-order valence-electron chi connectivity index (χ1n) is 10.3. The van der Waals surface area contributed by atoms with Crippen LogP contribution in [0.15, 0.2) is 0 Å². The van der Waals surface area contributed by atoms with Gasteiger partial charge < -0.3 is 8.85 Å². The Morgan fingerprint density at radius 2 is 1.52 bits per heavy atom. The second-order valence-corrected chi connectivity index (χ2v) is 14.0. The monoisotopic (exact) mass is 384 g/mol. The van der Waals surface area contributed by atoms with Gasteiger partial charge in [-0.25, -0.2) is 0 Å². The molecule has 1 fully saturated rings. The molecular formula is C20H40O3Si2. The van der Waals surface area contributed by atoms with E-state index in [9.17, 15) is 4.79 Å². The zero-order chi connectivity index (χ0) is 19.0. The van der Waals surface area contributed by atoms with Gasteiger partial charge in [0.15, 0.2) is 0 Å². The van der Waals surface area contributed by atoms with Crippen LogP contribution >= 0.6 is 0 Å². The lowest BCUT2D eigenvalue weighted by molar-refractivity contribution is -0.139. The number of hydrogen-bond donors (Lipinski definition) is 0. The van der Waals surface area contributed by atoms with Crippen LogP contribution < -0.4 is 0 Å². The van der Waals surface area contributed by atoms with Gasteiger partial charge in [0.25, 0.3) is 14.3 Å². The lowest BCUT2D eigenvalue weighted by Gasteiger charge is -2.39. The minimum atomic E-state index is -2.06. The fourth-order valence-electron chi connectivity index (χ4n) is 4.14. The molecule has 1 rings (SSSR count). The lowest BCUT2D eigenvalue weighted by Crippen LogP contribution is -2.47. The van der Waals surface area contributed by atoms with Crippen molar-refractivity contribution in [3.63, 3.8) is 0 Å². The molecule has 0 heterocycles. The first-order chi connectivity index (χ1) is 11.7. The number of carbonyl (C=O) groups is 1. The molecule has 1 saturated carbocycles. The van der Waals surface area contributed by atoms with E-state index >= 15 is 0 Å². The maximum Gasteiger partial charge on any atom is 0.295 e. The van der Waals surface area contributed by atoms with E-state index in [4.69, 9.17) is 8.85 Å². The summed E-state index contributed by atoms with van der Waals surface area (Å²) in [5.74, 6) is 1.19. The van der Waals surface area contributed by atoms with E-state index in [2.05, 4.69) is 27.7 Å². The summed E-state index contributed by atoms with van der Waals surface area (Å²) in [7, 11) is -1.68. The first kappa shape index (κ1) is 22.9. The quantitative estimate of drug-likeness (QED) is 0.420. The van der Waals surface area contributed by atoms with Gasteiger partial charge in [-0.05, 0) is 62.2 Å². The summed E-state index contributed by atoms with van der Waals surface area (Å²) in [6.45, 7) is 15.2. The molecule has 0 saturated heterocycles. The summed E-state index contributed by atoms with van der Waals surface area (Å²) in [5.41, 5.74) is 0.669. The highest BCUT2D eigenvalue weighted by molar-refractivity contribution is 6.76. The molecule has 0 aromatic heterocycles. The number of hydrogen-bond acceptors (Lipinski definition) is 3. The summed E-state index contributed by atoms with van der Waals surface area (Å²) in [6, 6.07) is 3.04. The zero-order valence-electron chi connectivity index (χ0n) is 17.6. The van der Waals surface area contributed by atoms with Crippen molar-refractivity contribution in [3.05, 3.63) is 0 Å². The Morgan fingerprint density at radius 1 is 1.00 bits per heavy atom. The van der Waals surface area contributed by atoms with Crippen LogP contribution in [-0.4, -0.2) is 30.2 Å². The van der Waals surface area contributed by atoms with E-state index in [1.807, 2.05) is 20.8 Å². The van der Waals surface area contributed by atoms with Gasteiger partial charge >= 0.3 is 0 Å². The predicted octanol–water partition coefficient (Wildman–Crippen LogP) is 5.83. The highest BCUT2D eigenvalue weighted by Gasteiger charge is 2.48. The summed E-state index contributed by atoms with van der Waals surface area (Å²) in [6.07, 6.45) is 5.39. The molecular weight excluding hydrogens is 344 g/mol. The summed E-state index contributed by atoms with van der Waals surface area (Å²) >= 11 is 0. The van der Waals surface area contributed by atoms with Gasteiger partial charge in [-0.2, -0.15) is 0 Å². The van der Waals surface area contributed by atoms with Crippen molar-refractivity contribution in [2.75, 3.05) is 0 Å². The molecule has 146 valence electrons. The predicted molar refractivity (Wildman–Crippen MR) is 109 cm³/mol. The van der Waals surface area contributed by atoms with Crippen molar-refractivity contribution in [1.82, 2.24) is 0 Å². The van der Waals surface area contributed by atoms with E-state index in [0.717, 1.165) is 18.1 Å². The fourth-order valence-corrected chi connectivity index (χ4v) is 11.0. The van der Waals surface area contributed by atoms with Crippen molar-refractivity contribution in [3.8, 4) is 0 Å². The summed E-state index contributed by atoms with van der Waals surface area (Å²) in [5, 5.41) is 0. The molecule has 2 radical (unpaired) electrons. The van der Waals surface area contributed by atoms with Crippen LogP contribution in [0.3, 0.4) is 0 Å². The van der Waals surface area contributed by atoms with Crippen LogP contribution in [0.1, 0.15) is 74.1 Å². The van der Waals surface area contributed by atoms with Crippen LogP contribution in [0.25, 0.3) is 0 Å². The average Bonchev–Trinajstić information content (AvgIpc) is 2.99. The third kappa shape index (κ3) is 7.96. The van der Waals surface area contributed by atoms with E-state index < -0.39 is 8.32 Å². The molecule has 0 spiro atoms. The lowest BCUT2D eigenvalue weighted by atomic mass is 10.2. The van der Waals surface area contributed by atoms with E-state index in [0.29, 0.717) is 27.1 Å². The van der Waals surface area contributed by atoms with Crippen molar-refractivity contribution in [2.45, 2.75) is 104 Å². The Balaban J connectivity index is 2.84. The van der Waals surface area contributed by atoms with Crippen LogP contribution in [-0.2, 0) is 13.6 Å². The molecule has 0 aliphatic heterocycles. The van der Waals surface area contributed by atoms with Gasteiger partial charge in [0.2, 0.25) is 9.76 Å². The van der Waals surface area contributed by atoms with Gasteiger partial charge in [-0.3, -0.25) is 4.79 Å². The average molecular weight is 385 g/mol. The smallest absolute Gasteiger partial charge is 0.295 e. The highest BCUT2D eigenvalue weighted by atomic mass is 28.4. The topological polar surface area (TPSA) is 35.5 Å². The number of carbonyl (C=O) groups excluding carboxylic acids is 1. The SMILES string of the molecule is CC(C)C[Si](CC(C)C)(OC(=O)C(C)C[Si]OC(C)C)C1CCCC1. The standard InChI is InChI=1S/C20H40O3Si2/c1-15(2)13-25(14-16(3)4,19-10-8-9-11-19)23-20(21)18(7)12-24-22-17(5)6/h15-19H,8-14H2,1-7H3. The van der Waals surface area contributed by atoms with Gasteiger partial charge in [0.1, 0.15) is 0 Å². The Labute approximate surface area is 159 Å². The summed E-state index contributed by atoms with van der Waals surface area (Å²) < 4.78 is 12.2. The number of rotatable bonds is 11. The molecule has 0 aromatic carbocycles. The Hall–Kier alpha value is -0.136. The Bertz CT molecular complexity index is 380. The minimum absolute atomic E-state index is 0.0414. The summed E-state index contributed by atoms with van der Waals surface area (Å²) in [4.78, 5) is 12.9. The fraction of sp³-hybridized carbons (Fsp3) is 0.950. The largest absolute Gasteiger partial charge is 0.519 e. The van der Waals surface area contributed by atoms with Crippen LogP contribution in [0.5, 0.6) is 0 Å². The molecule has 1 aliphatic carbocycles. The second-order valence-electron chi connectivity index (χ2n) is 9.08. The van der Waals surface area contributed by atoms with Crippen LogP contribution in [0.2, 0.25) is 23.7 Å². The second kappa shape index (κ2) is 10.9. The molecule has 0 N–H and O–H groups in total. The molecule has 1 atom stereocenters. The van der Waals surface area contributed by atoms with Crippen molar-refractivity contribution in [1.29, 1.82) is 0 Å². The normalized spacial score (nSPS) is 17.7. The Kier molecular flexibility index (Phi) is 9.97. The zero-order valence-corrected chi connectivity index (χ0v) is 19.6. The molecule has 3 nitrogen and oxygen atoms in total. The van der Waals surface area contributed by atoms with Crippen molar-refractivity contribution < 1.29 is 13.6 Å². The molecule has 1 aliphatic rings. The molecule has 0 bridgehead atoms.